The molecule has 0 aromatic heterocycles. The lowest BCUT2D eigenvalue weighted by Crippen LogP contribution is -2.22. The lowest BCUT2D eigenvalue weighted by atomic mass is 9.92. The minimum atomic E-state index is 0. The second-order valence-corrected chi connectivity index (χ2v) is 5.69. The Hall–Kier alpha value is -0.730. The maximum absolute atomic E-state index is 6.11. The van der Waals surface area contributed by atoms with E-state index in [1.54, 1.807) is 0 Å². The van der Waals surface area contributed by atoms with Crippen molar-refractivity contribution in [2.45, 2.75) is 65.8 Å². The molecule has 116 valence electrons. The van der Waals surface area contributed by atoms with Crippen molar-refractivity contribution in [3.05, 3.63) is 28.8 Å². The average Bonchev–Trinajstić information content (AvgIpc) is 2.37. The fourth-order valence-corrected chi connectivity index (χ4v) is 2.30. The van der Waals surface area contributed by atoms with Crippen molar-refractivity contribution in [3.8, 4) is 5.75 Å². The smallest absolute Gasteiger partial charge is 0.122 e. The van der Waals surface area contributed by atoms with Gasteiger partial charge in [-0.05, 0) is 54.9 Å². The summed E-state index contributed by atoms with van der Waals surface area (Å²) in [5.74, 6) is 1.56. The normalized spacial score (nSPS) is 12.2. The molecule has 2 N–H and O–H groups in total. The molecule has 1 rings (SSSR count). The van der Waals surface area contributed by atoms with Gasteiger partial charge >= 0.3 is 0 Å². The Kier molecular flexibility index (Phi) is 8.91. The number of aryl methyl sites for hydroxylation is 1. The quantitative estimate of drug-likeness (QED) is 0.798. The Balaban J connectivity index is 0.00000361. The van der Waals surface area contributed by atoms with E-state index in [0.29, 0.717) is 5.92 Å². The van der Waals surface area contributed by atoms with E-state index >= 15 is 0 Å². The molecule has 0 amide bonds. The molecule has 1 aromatic carbocycles. The Morgan fingerprint density at radius 3 is 2.35 bits per heavy atom. The molecule has 2 nitrogen and oxygen atoms in total. The third kappa shape index (κ3) is 5.34. The van der Waals surface area contributed by atoms with Crippen molar-refractivity contribution in [2.75, 3.05) is 6.61 Å². The third-order valence-electron chi connectivity index (χ3n) is 3.54. The minimum absolute atomic E-state index is 0. The van der Waals surface area contributed by atoms with Crippen LogP contribution in [-0.2, 0) is 6.42 Å². The zero-order valence-corrected chi connectivity index (χ0v) is 14.3. The lowest BCUT2D eigenvalue weighted by molar-refractivity contribution is 0.313. The number of hydrogen-bond donors (Lipinski definition) is 1. The topological polar surface area (TPSA) is 35.2 Å². The summed E-state index contributed by atoms with van der Waals surface area (Å²) in [5, 5.41) is 0. The van der Waals surface area contributed by atoms with Crippen LogP contribution in [0.1, 0.15) is 63.1 Å². The molecule has 20 heavy (non-hydrogen) atoms. The van der Waals surface area contributed by atoms with E-state index in [2.05, 4.69) is 46.8 Å². The van der Waals surface area contributed by atoms with E-state index in [-0.39, 0.29) is 18.4 Å². The van der Waals surface area contributed by atoms with Gasteiger partial charge in [-0.1, -0.05) is 33.8 Å². The SMILES string of the molecule is CCCOc1cc(C)c(C(C)C)cc1CC(N)CC.Cl. The molecule has 0 bridgehead atoms. The molecular weight excluding hydrogens is 270 g/mol. The molecule has 0 aliphatic carbocycles. The number of ether oxygens (including phenoxy) is 1. The van der Waals surface area contributed by atoms with Gasteiger partial charge in [-0.15, -0.1) is 12.4 Å². The van der Waals surface area contributed by atoms with Gasteiger partial charge in [0.25, 0.3) is 0 Å². The van der Waals surface area contributed by atoms with E-state index in [1.807, 2.05) is 0 Å². The molecule has 0 aliphatic heterocycles. The molecule has 0 saturated heterocycles. The number of halogens is 1. The number of hydrogen-bond acceptors (Lipinski definition) is 2. The van der Waals surface area contributed by atoms with Crippen LogP contribution in [-0.4, -0.2) is 12.6 Å². The maximum atomic E-state index is 6.11. The van der Waals surface area contributed by atoms with Crippen molar-refractivity contribution in [1.82, 2.24) is 0 Å². The first-order valence-electron chi connectivity index (χ1n) is 7.51. The van der Waals surface area contributed by atoms with Crippen LogP contribution in [0.15, 0.2) is 12.1 Å². The molecule has 0 saturated carbocycles. The first-order chi connectivity index (χ1) is 8.99. The van der Waals surface area contributed by atoms with Gasteiger partial charge in [0.1, 0.15) is 5.75 Å². The zero-order valence-electron chi connectivity index (χ0n) is 13.5. The fourth-order valence-electron chi connectivity index (χ4n) is 2.30. The second kappa shape index (κ2) is 9.25. The summed E-state index contributed by atoms with van der Waals surface area (Å²) >= 11 is 0. The highest BCUT2D eigenvalue weighted by atomic mass is 35.5. The number of nitrogens with two attached hydrogens (primary N) is 1. The van der Waals surface area contributed by atoms with E-state index in [9.17, 15) is 0 Å². The summed E-state index contributed by atoms with van der Waals surface area (Å²) in [5.41, 5.74) is 10.1. The average molecular weight is 300 g/mol. The van der Waals surface area contributed by atoms with E-state index < -0.39 is 0 Å². The van der Waals surface area contributed by atoms with Gasteiger partial charge in [-0.25, -0.2) is 0 Å². The highest BCUT2D eigenvalue weighted by Gasteiger charge is 2.13. The van der Waals surface area contributed by atoms with Gasteiger partial charge in [0, 0.05) is 6.04 Å². The third-order valence-corrected chi connectivity index (χ3v) is 3.54. The van der Waals surface area contributed by atoms with E-state index in [0.717, 1.165) is 31.6 Å². The summed E-state index contributed by atoms with van der Waals surface area (Å²) in [6.45, 7) is 11.7. The van der Waals surface area contributed by atoms with Crippen molar-refractivity contribution in [2.24, 2.45) is 5.73 Å². The highest BCUT2D eigenvalue weighted by molar-refractivity contribution is 5.85. The molecule has 3 heteroatoms. The first kappa shape index (κ1) is 19.3. The second-order valence-electron chi connectivity index (χ2n) is 5.69. The highest BCUT2D eigenvalue weighted by Crippen LogP contribution is 2.29. The summed E-state index contributed by atoms with van der Waals surface area (Å²) in [4.78, 5) is 0. The summed E-state index contributed by atoms with van der Waals surface area (Å²) in [7, 11) is 0. The first-order valence-corrected chi connectivity index (χ1v) is 7.51. The van der Waals surface area contributed by atoms with Crippen LogP contribution < -0.4 is 10.5 Å². The van der Waals surface area contributed by atoms with Gasteiger partial charge in [0.15, 0.2) is 0 Å². The minimum Gasteiger partial charge on any atom is -0.493 e. The van der Waals surface area contributed by atoms with Crippen LogP contribution in [0.3, 0.4) is 0 Å². The van der Waals surface area contributed by atoms with Gasteiger partial charge in [0.2, 0.25) is 0 Å². The molecule has 1 atom stereocenters. The number of rotatable bonds is 7. The van der Waals surface area contributed by atoms with E-state index in [1.165, 1.54) is 16.7 Å². The Morgan fingerprint density at radius 1 is 1.20 bits per heavy atom. The predicted octanol–water partition coefficient (Wildman–Crippen LogP) is 4.61. The molecule has 1 aromatic rings. The summed E-state index contributed by atoms with van der Waals surface area (Å²) in [6.07, 6.45) is 2.93. The Labute approximate surface area is 130 Å². The Morgan fingerprint density at radius 2 is 1.85 bits per heavy atom. The standard InChI is InChI=1S/C17H29NO.ClH/c1-6-8-19-17-9-13(5)16(12(3)4)11-14(17)10-15(18)7-2;/h9,11-12,15H,6-8,10,18H2,1-5H3;1H. The zero-order chi connectivity index (χ0) is 14.4. The molecule has 1 unspecified atom stereocenters. The van der Waals surface area contributed by atoms with Crippen LogP contribution in [0.25, 0.3) is 0 Å². The van der Waals surface area contributed by atoms with Gasteiger partial charge in [-0.2, -0.15) is 0 Å². The maximum Gasteiger partial charge on any atom is 0.122 e. The lowest BCUT2D eigenvalue weighted by Gasteiger charge is -2.19. The molecule has 0 heterocycles. The largest absolute Gasteiger partial charge is 0.493 e. The Bertz CT molecular complexity index is 404. The molecule has 0 aliphatic rings. The molecule has 0 radical (unpaired) electrons. The van der Waals surface area contributed by atoms with Crippen molar-refractivity contribution in [3.63, 3.8) is 0 Å². The van der Waals surface area contributed by atoms with Crippen molar-refractivity contribution in [1.29, 1.82) is 0 Å². The van der Waals surface area contributed by atoms with E-state index in [4.69, 9.17) is 10.5 Å². The van der Waals surface area contributed by atoms with Crippen LogP contribution in [0.4, 0.5) is 0 Å². The molecular formula is C17H30ClNO. The van der Waals surface area contributed by atoms with Gasteiger partial charge in [-0.3, -0.25) is 0 Å². The predicted molar refractivity (Wildman–Crippen MR) is 90.3 cm³/mol. The monoisotopic (exact) mass is 299 g/mol. The van der Waals surface area contributed by atoms with Crippen LogP contribution in [0.2, 0.25) is 0 Å². The molecule has 0 spiro atoms. The number of benzene rings is 1. The summed E-state index contributed by atoms with van der Waals surface area (Å²) in [6, 6.07) is 4.69. The fraction of sp³-hybridized carbons (Fsp3) is 0.647. The van der Waals surface area contributed by atoms with Crippen LogP contribution in [0, 0.1) is 6.92 Å². The van der Waals surface area contributed by atoms with Crippen LogP contribution in [0.5, 0.6) is 5.75 Å². The van der Waals surface area contributed by atoms with Crippen molar-refractivity contribution < 1.29 is 4.74 Å². The van der Waals surface area contributed by atoms with Crippen LogP contribution >= 0.6 is 12.4 Å². The summed E-state index contributed by atoms with van der Waals surface area (Å²) < 4.78 is 5.89. The van der Waals surface area contributed by atoms with Crippen molar-refractivity contribution >= 4 is 12.4 Å². The van der Waals surface area contributed by atoms with Gasteiger partial charge in [0.05, 0.1) is 6.61 Å². The van der Waals surface area contributed by atoms with Gasteiger partial charge < -0.3 is 10.5 Å². The molecule has 0 fully saturated rings.